The van der Waals surface area contributed by atoms with Gasteiger partial charge in [-0.25, -0.2) is 0 Å². The van der Waals surface area contributed by atoms with Crippen molar-refractivity contribution in [3.8, 4) is 0 Å². The number of allylic oxidation sites excluding steroid dienone is 8. The number of benzene rings is 2. The normalized spacial score (nSPS) is 22.0. The first kappa shape index (κ1) is 18.5. The van der Waals surface area contributed by atoms with Crippen molar-refractivity contribution in [1.82, 2.24) is 0 Å². The van der Waals surface area contributed by atoms with Gasteiger partial charge in [0.05, 0.1) is 0 Å². The number of hydrogen-bond donors (Lipinski definition) is 0. The van der Waals surface area contributed by atoms with Gasteiger partial charge in [-0.05, 0) is 0 Å². The molecule has 2 aromatic carbocycles. The van der Waals surface area contributed by atoms with Crippen LogP contribution >= 0.6 is 0 Å². The molecule has 28 heavy (non-hydrogen) atoms. The average Bonchev–Trinajstić information content (AvgIpc) is 3.29. The van der Waals surface area contributed by atoms with E-state index in [1.807, 2.05) is 6.56 Å². The van der Waals surface area contributed by atoms with E-state index in [2.05, 4.69) is 99.8 Å². The third kappa shape index (κ3) is 2.31. The Hall–Kier alpha value is -1.50. The van der Waals surface area contributed by atoms with Crippen LogP contribution in [0.2, 0.25) is 13.1 Å². The summed E-state index contributed by atoms with van der Waals surface area (Å²) in [6.45, 7) is 9.97. The molecule has 0 bridgehead atoms. The van der Waals surface area contributed by atoms with E-state index < -0.39 is 28.3 Å². The van der Waals surface area contributed by atoms with E-state index in [0.29, 0.717) is 0 Å². The molecule has 2 aromatic rings. The van der Waals surface area contributed by atoms with Crippen molar-refractivity contribution in [3.63, 3.8) is 0 Å². The Morgan fingerprint density at radius 3 is 1.43 bits per heavy atom. The SMILES string of the molecule is CC1=CC[C]2=C1[Si](C)(C)C1=[C](CC=C1C)[Zr]2([c]1ccccc1)[c]1ccccc1. The summed E-state index contributed by atoms with van der Waals surface area (Å²) < 4.78 is 7.00. The van der Waals surface area contributed by atoms with Gasteiger partial charge in [-0.2, -0.15) is 0 Å². The van der Waals surface area contributed by atoms with Crippen molar-refractivity contribution in [2.75, 3.05) is 0 Å². The fourth-order valence-corrected chi connectivity index (χ4v) is 30.7. The van der Waals surface area contributed by atoms with Gasteiger partial charge in [-0.15, -0.1) is 0 Å². The standard InChI is InChI=1S/C14H18Si.2C6H5.Zr/c1-11-7-5-9-13(11)15(3,4)14-10-6-8-12(14)2;2*1-2-4-6-5-3-1;/h7-8H,5-6H2,1-4H3;2*1-5H;. The van der Waals surface area contributed by atoms with Crippen LogP contribution in [0.1, 0.15) is 26.7 Å². The summed E-state index contributed by atoms with van der Waals surface area (Å²) in [6, 6.07) is 23.2. The Morgan fingerprint density at radius 2 is 1.04 bits per heavy atom. The minimum atomic E-state index is -3.23. The molecule has 1 aliphatic heterocycles. The van der Waals surface area contributed by atoms with Crippen LogP contribution in [-0.2, 0) is 20.3 Å². The fraction of sp³-hybridized carbons (Fsp3) is 0.231. The monoisotopic (exact) mass is 458 g/mol. The van der Waals surface area contributed by atoms with E-state index >= 15 is 0 Å². The van der Waals surface area contributed by atoms with Crippen molar-refractivity contribution in [3.05, 3.63) is 101 Å². The third-order valence-electron chi connectivity index (χ3n) is 7.19. The van der Waals surface area contributed by atoms with Crippen LogP contribution in [0, 0.1) is 0 Å². The summed E-state index contributed by atoms with van der Waals surface area (Å²) in [5.74, 6) is 0. The second kappa shape index (κ2) is 6.51. The van der Waals surface area contributed by atoms with E-state index in [0.717, 1.165) is 0 Å². The molecule has 0 saturated heterocycles. The summed E-state index contributed by atoms with van der Waals surface area (Å²) in [7, 11) is -1.66. The average molecular weight is 460 g/mol. The molecule has 140 valence electrons. The van der Waals surface area contributed by atoms with Gasteiger partial charge in [0.25, 0.3) is 0 Å². The zero-order valence-electron chi connectivity index (χ0n) is 17.3. The molecule has 5 rings (SSSR count). The molecule has 0 aromatic heterocycles. The molecule has 0 radical (unpaired) electrons. The van der Waals surface area contributed by atoms with Crippen LogP contribution in [0.25, 0.3) is 0 Å². The van der Waals surface area contributed by atoms with Crippen molar-refractivity contribution in [1.29, 1.82) is 0 Å². The minimum absolute atomic E-state index is 1.17. The molecule has 0 atom stereocenters. The quantitative estimate of drug-likeness (QED) is 0.498. The molecular weight excluding hydrogens is 432 g/mol. The van der Waals surface area contributed by atoms with Crippen LogP contribution < -0.4 is 6.54 Å². The molecule has 0 amide bonds. The first-order valence-electron chi connectivity index (χ1n) is 10.4. The molecule has 2 aliphatic carbocycles. The van der Waals surface area contributed by atoms with E-state index in [1.165, 1.54) is 12.8 Å². The van der Waals surface area contributed by atoms with Crippen LogP contribution in [0.4, 0.5) is 0 Å². The van der Waals surface area contributed by atoms with Gasteiger partial charge >= 0.3 is 176 Å². The predicted octanol–water partition coefficient (Wildman–Crippen LogP) is 5.80. The first-order chi connectivity index (χ1) is 13.5. The Kier molecular flexibility index (Phi) is 4.30. The molecule has 0 nitrogen and oxygen atoms in total. The summed E-state index contributed by atoms with van der Waals surface area (Å²) in [6.07, 6.45) is 7.43. The second-order valence-electron chi connectivity index (χ2n) is 9.00. The van der Waals surface area contributed by atoms with E-state index in [9.17, 15) is 0 Å². The molecule has 0 saturated carbocycles. The van der Waals surface area contributed by atoms with E-state index in [-0.39, 0.29) is 0 Å². The number of hydrogen-bond acceptors (Lipinski definition) is 0. The maximum atomic E-state index is 2.61. The summed E-state index contributed by atoms with van der Waals surface area (Å²) in [5, 5.41) is 3.59. The Morgan fingerprint density at radius 1 is 0.643 bits per heavy atom. The molecule has 0 fully saturated rings. The molecule has 0 N–H and O–H groups in total. The zero-order chi connectivity index (χ0) is 19.5. The van der Waals surface area contributed by atoms with Crippen LogP contribution in [-0.4, -0.2) is 8.07 Å². The van der Waals surface area contributed by atoms with Crippen molar-refractivity contribution in [2.24, 2.45) is 0 Å². The third-order valence-corrected chi connectivity index (χ3v) is 24.9. The summed E-state index contributed by atoms with van der Waals surface area (Å²) in [5.41, 5.74) is 3.15. The molecule has 3 aliphatic rings. The molecule has 1 heterocycles. The maximum absolute atomic E-state index is 3.23. The van der Waals surface area contributed by atoms with Gasteiger partial charge in [0, 0.05) is 0 Å². The summed E-state index contributed by atoms with van der Waals surface area (Å²) >= 11 is -3.23. The van der Waals surface area contributed by atoms with Crippen LogP contribution in [0.3, 0.4) is 0 Å². The van der Waals surface area contributed by atoms with Gasteiger partial charge < -0.3 is 0 Å². The first-order valence-corrected chi connectivity index (χ1v) is 18.3. The summed E-state index contributed by atoms with van der Waals surface area (Å²) in [4.78, 5) is 0. The van der Waals surface area contributed by atoms with Gasteiger partial charge in [-0.3, -0.25) is 0 Å². The van der Waals surface area contributed by atoms with Crippen molar-refractivity contribution >= 4 is 14.6 Å². The fourth-order valence-electron chi connectivity index (χ4n) is 6.36. The Bertz CT molecular complexity index is 994. The molecule has 0 unspecified atom stereocenters. The van der Waals surface area contributed by atoms with Gasteiger partial charge in [0.1, 0.15) is 0 Å². The Balaban J connectivity index is 1.95. The molecule has 2 heteroatoms. The van der Waals surface area contributed by atoms with Crippen LogP contribution in [0.5, 0.6) is 0 Å². The molecular formula is C26H28SiZr. The van der Waals surface area contributed by atoms with E-state index in [1.54, 1.807) is 28.1 Å². The van der Waals surface area contributed by atoms with Gasteiger partial charge in [-0.1, -0.05) is 0 Å². The zero-order valence-corrected chi connectivity index (χ0v) is 20.8. The predicted molar refractivity (Wildman–Crippen MR) is 120 cm³/mol. The second-order valence-corrected chi connectivity index (χ2v) is 22.7. The van der Waals surface area contributed by atoms with E-state index in [4.69, 9.17) is 0 Å². The Labute approximate surface area is 174 Å². The topological polar surface area (TPSA) is 0 Å². The number of rotatable bonds is 2. The van der Waals surface area contributed by atoms with Crippen molar-refractivity contribution < 1.29 is 20.3 Å². The van der Waals surface area contributed by atoms with Crippen LogP contribution in [0.15, 0.2) is 101 Å². The molecule has 0 spiro atoms. The van der Waals surface area contributed by atoms with Gasteiger partial charge in [0.15, 0.2) is 0 Å². The van der Waals surface area contributed by atoms with Gasteiger partial charge in [0.2, 0.25) is 0 Å². The van der Waals surface area contributed by atoms with Crippen molar-refractivity contribution in [2.45, 2.75) is 39.8 Å².